The highest BCUT2D eigenvalue weighted by Gasteiger charge is 2.27. The Morgan fingerprint density at radius 3 is 2.33 bits per heavy atom. The standard InChI is InChI=1S/C10H13N3O2/c1-10(2,3)7-6(5-11)13(4)8(12-7)9(14)15/h1-4H3,(H,14,15). The van der Waals surface area contributed by atoms with Crippen LogP contribution < -0.4 is 0 Å². The summed E-state index contributed by atoms with van der Waals surface area (Å²) >= 11 is 0. The van der Waals surface area contributed by atoms with E-state index in [0.29, 0.717) is 11.4 Å². The van der Waals surface area contributed by atoms with E-state index in [9.17, 15) is 4.79 Å². The summed E-state index contributed by atoms with van der Waals surface area (Å²) in [5.74, 6) is -1.22. The largest absolute Gasteiger partial charge is 0.475 e. The first kappa shape index (κ1) is 11.2. The third kappa shape index (κ3) is 1.84. The van der Waals surface area contributed by atoms with Crippen LogP contribution in [0.15, 0.2) is 0 Å². The minimum absolute atomic E-state index is 0.100. The van der Waals surface area contributed by atoms with Crippen LogP contribution in [0.3, 0.4) is 0 Å². The Morgan fingerprint density at radius 2 is 2.07 bits per heavy atom. The van der Waals surface area contributed by atoms with Crippen LogP contribution in [0.5, 0.6) is 0 Å². The number of hydrogen-bond donors (Lipinski definition) is 1. The molecule has 1 aromatic rings. The van der Waals surface area contributed by atoms with Crippen molar-refractivity contribution < 1.29 is 9.90 Å². The molecule has 0 amide bonds. The van der Waals surface area contributed by atoms with Gasteiger partial charge in [-0.2, -0.15) is 5.26 Å². The van der Waals surface area contributed by atoms with E-state index in [1.54, 1.807) is 0 Å². The maximum Gasteiger partial charge on any atom is 0.372 e. The third-order valence-corrected chi connectivity index (χ3v) is 2.10. The van der Waals surface area contributed by atoms with E-state index in [1.165, 1.54) is 11.6 Å². The monoisotopic (exact) mass is 207 g/mol. The van der Waals surface area contributed by atoms with Gasteiger partial charge in [-0.25, -0.2) is 9.78 Å². The van der Waals surface area contributed by atoms with Crippen LogP contribution in [0.25, 0.3) is 0 Å². The fourth-order valence-electron chi connectivity index (χ4n) is 1.34. The van der Waals surface area contributed by atoms with Crippen LogP contribution in [0.1, 0.15) is 42.8 Å². The highest BCUT2D eigenvalue weighted by atomic mass is 16.4. The summed E-state index contributed by atoms with van der Waals surface area (Å²) in [6.45, 7) is 5.67. The van der Waals surface area contributed by atoms with Gasteiger partial charge in [0.25, 0.3) is 0 Å². The molecule has 0 spiro atoms. The summed E-state index contributed by atoms with van der Waals surface area (Å²) in [5, 5.41) is 17.8. The molecule has 80 valence electrons. The molecular formula is C10H13N3O2. The number of imidazole rings is 1. The van der Waals surface area contributed by atoms with Gasteiger partial charge in [-0.05, 0) is 0 Å². The minimum atomic E-state index is -1.12. The Hall–Kier alpha value is -1.83. The van der Waals surface area contributed by atoms with Crippen molar-refractivity contribution in [1.82, 2.24) is 9.55 Å². The van der Waals surface area contributed by atoms with Gasteiger partial charge in [0.1, 0.15) is 11.8 Å². The molecule has 0 aliphatic rings. The van der Waals surface area contributed by atoms with E-state index in [-0.39, 0.29) is 11.2 Å². The molecule has 1 rings (SSSR count). The Balaban J connectivity index is 3.50. The second-order valence-corrected chi connectivity index (χ2v) is 4.36. The Labute approximate surface area is 88.0 Å². The number of aromatic carboxylic acids is 1. The lowest BCUT2D eigenvalue weighted by Gasteiger charge is -2.15. The van der Waals surface area contributed by atoms with E-state index < -0.39 is 5.97 Å². The number of rotatable bonds is 1. The topological polar surface area (TPSA) is 78.9 Å². The molecule has 0 saturated carbocycles. The molecule has 0 aliphatic heterocycles. The molecular weight excluding hydrogens is 194 g/mol. The van der Waals surface area contributed by atoms with Gasteiger partial charge in [-0.15, -0.1) is 0 Å². The fraction of sp³-hybridized carbons (Fsp3) is 0.500. The Kier molecular flexibility index (Phi) is 2.54. The van der Waals surface area contributed by atoms with Gasteiger partial charge in [0.05, 0.1) is 5.69 Å². The fourth-order valence-corrected chi connectivity index (χ4v) is 1.34. The highest BCUT2D eigenvalue weighted by Crippen LogP contribution is 2.24. The van der Waals surface area contributed by atoms with Crippen molar-refractivity contribution in [3.8, 4) is 6.07 Å². The van der Waals surface area contributed by atoms with E-state index in [2.05, 4.69) is 4.98 Å². The molecule has 1 N–H and O–H groups in total. The predicted octanol–water partition coefficient (Wildman–Crippen LogP) is 1.29. The zero-order valence-corrected chi connectivity index (χ0v) is 9.20. The van der Waals surface area contributed by atoms with Gasteiger partial charge in [0.2, 0.25) is 5.82 Å². The van der Waals surface area contributed by atoms with Crippen LogP contribution in [-0.4, -0.2) is 20.6 Å². The molecule has 0 aliphatic carbocycles. The van der Waals surface area contributed by atoms with Crippen molar-refractivity contribution >= 4 is 5.97 Å². The third-order valence-electron chi connectivity index (χ3n) is 2.10. The smallest absolute Gasteiger partial charge is 0.372 e. The molecule has 0 radical (unpaired) electrons. The van der Waals surface area contributed by atoms with Crippen molar-refractivity contribution in [2.45, 2.75) is 26.2 Å². The number of carboxylic acid groups (broad SMARTS) is 1. The first-order valence-corrected chi connectivity index (χ1v) is 4.49. The predicted molar refractivity (Wildman–Crippen MR) is 53.6 cm³/mol. The van der Waals surface area contributed by atoms with Gasteiger partial charge in [0, 0.05) is 12.5 Å². The molecule has 5 nitrogen and oxygen atoms in total. The van der Waals surface area contributed by atoms with E-state index in [4.69, 9.17) is 10.4 Å². The van der Waals surface area contributed by atoms with Gasteiger partial charge < -0.3 is 9.67 Å². The summed E-state index contributed by atoms with van der Waals surface area (Å²) in [4.78, 5) is 14.8. The zero-order valence-electron chi connectivity index (χ0n) is 9.20. The highest BCUT2D eigenvalue weighted by molar-refractivity contribution is 5.84. The Morgan fingerprint density at radius 1 is 1.53 bits per heavy atom. The average Bonchev–Trinajstić information content (AvgIpc) is 2.41. The number of nitriles is 1. The molecule has 15 heavy (non-hydrogen) atoms. The van der Waals surface area contributed by atoms with E-state index in [1.807, 2.05) is 26.8 Å². The van der Waals surface area contributed by atoms with Crippen LogP contribution in [-0.2, 0) is 12.5 Å². The zero-order chi connectivity index (χ0) is 11.8. The lowest BCUT2D eigenvalue weighted by Crippen LogP contribution is -2.14. The van der Waals surface area contributed by atoms with Gasteiger partial charge in [-0.3, -0.25) is 0 Å². The van der Waals surface area contributed by atoms with Crippen molar-refractivity contribution in [3.63, 3.8) is 0 Å². The molecule has 1 aromatic heterocycles. The van der Waals surface area contributed by atoms with Gasteiger partial charge in [-0.1, -0.05) is 20.8 Å². The number of carbonyl (C=O) groups is 1. The Bertz CT molecular complexity index is 446. The van der Waals surface area contributed by atoms with Crippen molar-refractivity contribution in [2.24, 2.45) is 7.05 Å². The van der Waals surface area contributed by atoms with Crippen LogP contribution in [0.2, 0.25) is 0 Å². The second kappa shape index (κ2) is 3.39. The maximum atomic E-state index is 10.8. The summed E-state index contributed by atoms with van der Waals surface area (Å²) in [6, 6.07) is 1.98. The van der Waals surface area contributed by atoms with Crippen LogP contribution >= 0.6 is 0 Å². The average molecular weight is 207 g/mol. The van der Waals surface area contributed by atoms with E-state index >= 15 is 0 Å². The van der Waals surface area contributed by atoms with Crippen LogP contribution in [0, 0.1) is 11.3 Å². The summed E-state index contributed by atoms with van der Waals surface area (Å²) < 4.78 is 1.31. The summed E-state index contributed by atoms with van der Waals surface area (Å²) in [5.41, 5.74) is 0.487. The molecule has 0 fully saturated rings. The van der Waals surface area contributed by atoms with Crippen molar-refractivity contribution in [3.05, 3.63) is 17.2 Å². The summed E-state index contributed by atoms with van der Waals surface area (Å²) in [6.07, 6.45) is 0. The first-order chi connectivity index (χ1) is 6.79. The van der Waals surface area contributed by atoms with Gasteiger partial charge in [0.15, 0.2) is 0 Å². The molecule has 0 atom stereocenters. The summed E-state index contributed by atoms with van der Waals surface area (Å²) in [7, 11) is 1.53. The van der Waals surface area contributed by atoms with Crippen molar-refractivity contribution in [1.29, 1.82) is 5.26 Å². The molecule has 0 unspecified atom stereocenters. The number of carboxylic acids is 1. The first-order valence-electron chi connectivity index (χ1n) is 4.49. The van der Waals surface area contributed by atoms with Crippen molar-refractivity contribution in [2.75, 3.05) is 0 Å². The lowest BCUT2D eigenvalue weighted by atomic mass is 9.91. The SMILES string of the molecule is Cn1c(C(=O)O)nc(C(C)(C)C)c1C#N. The second-order valence-electron chi connectivity index (χ2n) is 4.36. The van der Waals surface area contributed by atoms with Gasteiger partial charge >= 0.3 is 5.97 Å². The molecule has 5 heteroatoms. The molecule has 0 saturated heterocycles. The molecule has 1 heterocycles. The number of aromatic nitrogens is 2. The molecule has 0 aromatic carbocycles. The lowest BCUT2D eigenvalue weighted by molar-refractivity contribution is 0.0679. The minimum Gasteiger partial charge on any atom is -0.475 e. The number of nitrogens with zero attached hydrogens (tertiary/aromatic N) is 3. The van der Waals surface area contributed by atoms with Crippen LogP contribution in [0.4, 0.5) is 0 Å². The number of hydrogen-bond acceptors (Lipinski definition) is 3. The maximum absolute atomic E-state index is 10.8. The molecule has 0 bridgehead atoms. The normalized spacial score (nSPS) is 11.1. The van der Waals surface area contributed by atoms with E-state index in [0.717, 1.165) is 0 Å². The quantitative estimate of drug-likeness (QED) is 0.752.